The molecule has 112 valence electrons. The Hall–Kier alpha value is -1.29. The van der Waals surface area contributed by atoms with Crippen LogP contribution in [0, 0.1) is 11.7 Å². The maximum Gasteiger partial charge on any atom is 0.165 e. The van der Waals surface area contributed by atoms with Gasteiger partial charge in [-0.3, -0.25) is 0 Å². The number of nitrogens with one attached hydrogen (secondary N) is 1. The predicted octanol–water partition coefficient (Wildman–Crippen LogP) is 3.54. The second-order valence-corrected chi connectivity index (χ2v) is 5.81. The van der Waals surface area contributed by atoms with Gasteiger partial charge in [-0.1, -0.05) is 13.3 Å². The lowest BCUT2D eigenvalue weighted by molar-refractivity contribution is 0.253. The van der Waals surface area contributed by atoms with Crippen molar-refractivity contribution in [2.75, 3.05) is 19.0 Å². The Morgan fingerprint density at radius 3 is 2.65 bits per heavy atom. The van der Waals surface area contributed by atoms with Crippen LogP contribution in [-0.2, 0) is 0 Å². The Balaban J connectivity index is 2.10. The molecule has 1 aromatic carbocycles. The summed E-state index contributed by atoms with van der Waals surface area (Å²) in [6.07, 6.45) is 5.80. The van der Waals surface area contributed by atoms with Gasteiger partial charge in [-0.2, -0.15) is 0 Å². The first-order chi connectivity index (χ1) is 9.62. The van der Waals surface area contributed by atoms with E-state index in [2.05, 4.69) is 12.2 Å². The third-order valence-corrected chi connectivity index (χ3v) is 4.59. The van der Waals surface area contributed by atoms with Crippen LogP contribution >= 0.6 is 0 Å². The lowest BCUT2D eigenvalue weighted by Gasteiger charge is -2.40. The molecule has 1 aliphatic carbocycles. The standard InChI is InChI=1S/C16H25FN2O/c1-3-12-6-8-16(11-18,9-7-12)19-13-4-5-14(17)15(10-13)20-2/h4-5,10,12,19H,3,6-9,11,18H2,1-2H3. The van der Waals surface area contributed by atoms with Crippen molar-refractivity contribution in [2.24, 2.45) is 11.7 Å². The van der Waals surface area contributed by atoms with Gasteiger partial charge >= 0.3 is 0 Å². The normalized spacial score (nSPS) is 26.3. The van der Waals surface area contributed by atoms with Gasteiger partial charge in [-0.05, 0) is 43.7 Å². The molecule has 3 N–H and O–H groups in total. The van der Waals surface area contributed by atoms with Gasteiger partial charge in [0.25, 0.3) is 0 Å². The van der Waals surface area contributed by atoms with Crippen LogP contribution in [0.3, 0.4) is 0 Å². The Morgan fingerprint density at radius 1 is 1.40 bits per heavy atom. The van der Waals surface area contributed by atoms with Crippen LogP contribution < -0.4 is 15.8 Å². The molecule has 0 aromatic heterocycles. The molecule has 4 heteroatoms. The minimum Gasteiger partial charge on any atom is -0.494 e. The lowest BCUT2D eigenvalue weighted by atomic mass is 9.75. The molecule has 1 saturated carbocycles. The summed E-state index contributed by atoms with van der Waals surface area (Å²) in [6, 6.07) is 4.89. The van der Waals surface area contributed by atoms with Crippen LogP contribution in [0.4, 0.5) is 10.1 Å². The van der Waals surface area contributed by atoms with E-state index >= 15 is 0 Å². The fraction of sp³-hybridized carbons (Fsp3) is 0.625. The zero-order valence-corrected chi connectivity index (χ0v) is 12.4. The van der Waals surface area contributed by atoms with E-state index in [1.807, 2.05) is 0 Å². The smallest absolute Gasteiger partial charge is 0.165 e. The molecule has 0 heterocycles. The molecule has 2 rings (SSSR count). The quantitative estimate of drug-likeness (QED) is 0.867. The first-order valence-corrected chi connectivity index (χ1v) is 7.44. The maximum atomic E-state index is 13.4. The van der Waals surface area contributed by atoms with E-state index in [1.165, 1.54) is 32.4 Å². The van der Waals surface area contributed by atoms with Crippen molar-refractivity contribution in [3.8, 4) is 5.75 Å². The van der Waals surface area contributed by atoms with Gasteiger partial charge in [0.05, 0.1) is 7.11 Å². The average Bonchev–Trinajstić information content (AvgIpc) is 2.50. The summed E-state index contributed by atoms with van der Waals surface area (Å²) in [5, 5.41) is 3.52. The summed E-state index contributed by atoms with van der Waals surface area (Å²) in [5.74, 6) is 0.748. The van der Waals surface area contributed by atoms with Crippen molar-refractivity contribution in [1.29, 1.82) is 0 Å². The number of ether oxygens (including phenoxy) is 1. The Bertz CT molecular complexity index is 442. The second-order valence-electron chi connectivity index (χ2n) is 5.81. The topological polar surface area (TPSA) is 47.3 Å². The minimum atomic E-state index is -0.338. The molecular formula is C16H25FN2O. The van der Waals surface area contributed by atoms with Crippen LogP contribution in [0.15, 0.2) is 18.2 Å². The van der Waals surface area contributed by atoms with Crippen molar-refractivity contribution in [1.82, 2.24) is 0 Å². The first-order valence-electron chi connectivity index (χ1n) is 7.44. The Morgan fingerprint density at radius 2 is 2.10 bits per heavy atom. The van der Waals surface area contributed by atoms with Crippen LogP contribution in [0.25, 0.3) is 0 Å². The molecule has 3 nitrogen and oxygen atoms in total. The molecule has 1 fully saturated rings. The van der Waals surface area contributed by atoms with E-state index < -0.39 is 0 Å². The van der Waals surface area contributed by atoms with Crippen molar-refractivity contribution in [3.63, 3.8) is 0 Å². The number of benzene rings is 1. The fourth-order valence-corrected chi connectivity index (χ4v) is 3.06. The summed E-state index contributed by atoms with van der Waals surface area (Å²) in [5.41, 5.74) is 6.82. The third kappa shape index (κ3) is 3.23. The van der Waals surface area contributed by atoms with Crippen molar-refractivity contribution in [2.45, 2.75) is 44.6 Å². The van der Waals surface area contributed by atoms with Crippen molar-refractivity contribution < 1.29 is 9.13 Å². The minimum absolute atomic E-state index is 0.0610. The largest absolute Gasteiger partial charge is 0.494 e. The predicted molar refractivity (Wildman–Crippen MR) is 80.6 cm³/mol. The molecule has 1 aliphatic rings. The monoisotopic (exact) mass is 280 g/mol. The van der Waals surface area contributed by atoms with Gasteiger partial charge in [0, 0.05) is 23.8 Å². The number of methoxy groups -OCH3 is 1. The van der Waals surface area contributed by atoms with Gasteiger partial charge in [0.15, 0.2) is 11.6 Å². The van der Waals surface area contributed by atoms with E-state index in [4.69, 9.17) is 10.5 Å². The van der Waals surface area contributed by atoms with Crippen molar-refractivity contribution >= 4 is 5.69 Å². The number of hydrogen-bond acceptors (Lipinski definition) is 3. The van der Waals surface area contributed by atoms with Gasteiger partial charge in [0.2, 0.25) is 0 Å². The zero-order chi connectivity index (χ0) is 14.6. The molecular weight excluding hydrogens is 255 g/mol. The molecule has 0 unspecified atom stereocenters. The highest BCUT2D eigenvalue weighted by molar-refractivity contribution is 5.51. The van der Waals surface area contributed by atoms with Crippen LogP contribution in [-0.4, -0.2) is 19.2 Å². The number of halogens is 1. The van der Waals surface area contributed by atoms with E-state index in [0.29, 0.717) is 6.54 Å². The lowest BCUT2D eigenvalue weighted by Crippen LogP contribution is -2.48. The summed E-state index contributed by atoms with van der Waals surface area (Å²) in [6.45, 7) is 2.85. The van der Waals surface area contributed by atoms with Crippen LogP contribution in [0.5, 0.6) is 5.75 Å². The number of nitrogens with two attached hydrogens (primary N) is 1. The number of hydrogen-bond donors (Lipinski definition) is 2. The van der Waals surface area contributed by atoms with E-state index in [0.717, 1.165) is 24.4 Å². The molecule has 0 atom stereocenters. The van der Waals surface area contributed by atoms with Gasteiger partial charge < -0.3 is 15.8 Å². The Labute approximate surface area is 120 Å². The molecule has 0 amide bonds. The van der Waals surface area contributed by atoms with E-state index in [1.54, 1.807) is 12.1 Å². The molecule has 0 bridgehead atoms. The fourth-order valence-electron chi connectivity index (χ4n) is 3.06. The molecule has 0 saturated heterocycles. The van der Waals surface area contributed by atoms with Gasteiger partial charge in [0.1, 0.15) is 0 Å². The average molecular weight is 280 g/mol. The Kier molecular flexibility index (Phi) is 4.86. The SMILES string of the molecule is CCC1CCC(CN)(Nc2ccc(F)c(OC)c2)CC1. The second kappa shape index (κ2) is 6.44. The summed E-state index contributed by atoms with van der Waals surface area (Å²) in [4.78, 5) is 0. The maximum absolute atomic E-state index is 13.4. The number of rotatable bonds is 5. The van der Waals surface area contributed by atoms with Gasteiger partial charge in [-0.25, -0.2) is 4.39 Å². The zero-order valence-electron chi connectivity index (χ0n) is 12.4. The van der Waals surface area contributed by atoms with Crippen molar-refractivity contribution in [3.05, 3.63) is 24.0 Å². The highest BCUT2D eigenvalue weighted by Crippen LogP contribution is 2.36. The van der Waals surface area contributed by atoms with E-state index in [-0.39, 0.29) is 17.1 Å². The van der Waals surface area contributed by atoms with Crippen LogP contribution in [0.2, 0.25) is 0 Å². The molecule has 0 radical (unpaired) electrons. The summed E-state index contributed by atoms with van der Waals surface area (Å²) >= 11 is 0. The highest BCUT2D eigenvalue weighted by atomic mass is 19.1. The molecule has 1 aromatic rings. The third-order valence-electron chi connectivity index (χ3n) is 4.59. The molecule has 0 spiro atoms. The van der Waals surface area contributed by atoms with E-state index in [9.17, 15) is 4.39 Å². The highest BCUT2D eigenvalue weighted by Gasteiger charge is 2.33. The molecule has 0 aliphatic heterocycles. The molecule has 20 heavy (non-hydrogen) atoms. The van der Waals surface area contributed by atoms with Crippen LogP contribution in [0.1, 0.15) is 39.0 Å². The van der Waals surface area contributed by atoms with Gasteiger partial charge in [-0.15, -0.1) is 0 Å². The summed E-state index contributed by atoms with van der Waals surface area (Å²) < 4.78 is 18.5. The first kappa shape index (κ1) is 15.1. The summed E-state index contributed by atoms with van der Waals surface area (Å²) in [7, 11) is 1.48. The number of anilines is 1.